The van der Waals surface area contributed by atoms with Crippen LogP contribution < -0.4 is 0 Å². The van der Waals surface area contributed by atoms with Crippen LogP contribution >= 0.6 is 0 Å². The van der Waals surface area contributed by atoms with E-state index in [1.54, 1.807) is 0 Å². The van der Waals surface area contributed by atoms with Gasteiger partial charge in [0.15, 0.2) is 0 Å². The first-order valence-corrected chi connectivity index (χ1v) is 13.3. The summed E-state index contributed by atoms with van der Waals surface area (Å²) in [4.78, 5) is 24.1. The molecule has 0 saturated heterocycles. The topological polar surface area (TPSA) is 66.7 Å². The summed E-state index contributed by atoms with van der Waals surface area (Å²) in [6.07, 6.45) is 12.9. The molecule has 0 radical (unpaired) electrons. The van der Waals surface area contributed by atoms with Crippen LogP contribution in [0.15, 0.2) is 16.8 Å². The lowest BCUT2D eigenvalue weighted by Gasteiger charge is -2.70. The van der Waals surface area contributed by atoms with E-state index in [2.05, 4.69) is 45.9 Å². The second-order valence-corrected chi connectivity index (χ2v) is 13.2. The minimum absolute atomic E-state index is 0.0170. The Balaban J connectivity index is 1.58. The third-order valence-corrected chi connectivity index (χ3v) is 12.5. The number of hydrogen-bond acceptors (Lipinski definition) is 3. The Morgan fingerprint density at radius 2 is 1.78 bits per heavy atom. The van der Waals surface area contributed by atoms with E-state index in [9.17, 15) is 14.8 Å². The van der Waals surface area contributed by atoms with Gasteiger partial charge in [-0.25, -0.2) is 0 Å². The maximum atomic E-state index is 12.7. The normalized spacial score (nSPS) is 54.8. The fourth-order valence-corrected chi connectivity index (χ4v) is 10.5. The number of rotatable bonds is 2. The van der Waals surface area contributed by atoms with Crippen LogP contribution in [0.3, 0.4) is 0 Å². The molecular weight excluding hydrogens is 398 g/mol. The summed E-state index contributed by atoms with van der Waals surface area (Å²) in [5.74, 6) is 1.66. The largest absolute Gasteiger partial charge is 0.481 e. The van der Waals surface area contributed by atoms with Gasteiger partial charge in [-0.3, -0.25) is 4.79 Å². The number of carboxylic acids is 1. The van der Waals surface area contributed by atoms with Crippen molar-refractivity contribution in [3.8, 4) is 0 Å². The van der Waals surface area contributed by atoms with Crippen molar-refractivity contribution in [1.82, 2.24) is 0 Å². The highest BCUT2D eigenvalue weighted by molar-refractivity contribution is 5.76. The molecule has 178 valence electrons. The molecule has 4 fully saturated rings. The molecule has 4 saturated carbocycles. The number of carboxylic acid groups (broad SMARTS) is 1. The molecule has 5 rings (SSSR count). The van der Waals surface area contributed by atoms with Crippen LogP contribution in [-0.2, 0) is 4.79 Å². The van der Waals surface area contributed by atoms with Gasteiger partial charge in [0.2, 0.25) is 0 Å². The highest BCUT2D eigenvalue weighted by atomic mass is 16.4. The third-order valence-electron chi connectivity index (χ3n) is 12.5. The van der Waals surface area contributed by atoms with Crippen LogP contribution in [0.5, 0.6) is 0 Å². The monoisotopic (exact) mass is 441 g/mol. The first kappa shape index (κ1) is 22.6. The Bertz CT molecular complexity index is 852. The Labute approximate surface area is 194 Å². The SMILES string of the molecule is CC1CCCC2(C(=O)O)CC[C@]3(C)C(=CCC4C5(C)CCC(N=O)C(C)C5CCC43C)C12. The Morgan fingerprint density at radius 3 is 2.47 bits per heavy atom. The maximum absolute atomic E-state index is 12.7. The third kappa shape index (κ3) is 2.59. The molecule has 0 aromatic heterocycles. The van der Waals surface area contributed by atoms with Crippen LogP contribution in [0.4, 0.5) is 0 Å². The molecule has 0 amide bonds. The number of allylic oxidation sites excluding steroid dienone is 2. The summed E-state index contributed by atoms with van der Waals surface area (Å²) >= 11 is 0. The van der Waals surface area contributed by atoms with E-state index < -0.39 is 11.4 Å². The van der Waals surface area contributed by atoms with Gasteiger partial charge in [-0.2, -0.15) is 4.91 Å². The molecule has 10 atom stereocenters. The van der Waals surface area contributed by atoms with E-state index in [-0.39, 0.29) is 28.2 Å². The zero-order valence-electron chi connectivity index (χ0n) is 20.8. The lowest BCUT2D eigenvalue weighted by molar-refractivity contribution is -0.180. The highest BCUT2D eigenvalue weighted by Crippen LogP contribution is 2.74. The number of carbonyl (C=O) groups is 1. The molecule has 5 aliphatic carbocycles. The second-order valence-electron chi connectivity index (χ2n) is 13.2. The summed E-state index contributed by atoms with van der Waals surface area (Å²) in [5.41, 5.74) is 1.50. The lowest BCUT2D eigenvalue weighted by atomic mass is 9.34. The maximum Gasteiger partial charge on any atom is 0.310 e. The van der Waals surface area contributed by atoms with Crippen molar-refractivity contribution in [3.05, 3.63) is 16.6 Å². The smallest absolute Gasteiger partial charge is 0.310 e. The number of hydrogen-bond donors (Lipinski definition) is 1. The fraction of sp³-hybridized carbons (Fsp3) is 0.893. The standard InChI is InChI=1S/C28H43NO3/c1-17-7-6-12-28(24(30)31)16-15-26(4)20(23(17)28)8-9-22-25(3)13-11-21(29-32)18(2)19(25)10-14-27(22,26)5/h8,17-19,21-23H,6-7,9-16H2,1-5H3,(H,30,31)/t17?,18?,19?,21?,22?,23?,25?,26-,27?,28?/m1/s1. The molecule has 32 heavy (non-hydrogen) atoms. The molecule has 0 aromatic carbocycles. The Morgan fingerprint density at radius 1 is 1.03 bits per heavy atom. The van der Waals surface area contributed by atoms with Gasteiger partial charge in [-0.05, 0) is 97.2 Å². The van der Waals surface area contributed by atoms with Crippen molar-refractivity contribution in [1.29, 1.82) is 0 Å². The summed E-state index contributed by atoms with van der Waals surface area (Å²) < 4.78 is 0. The van der Waals surface area contributed by atoms with Gasteiger partial charge in [-0.15, -0.1) is 0 Å². The van der Waals surface area contributed by atoms with E-state index in [0.717, 1.165) is 51.4 Å². The zero-order chi connectivity index (χ0) is 23.1. The number of fused-ring (bicyclic) bond motifs is 7. The van der Waals surface area contributed by atoms with Gasteiger partial charge in [0.1, 0.15) is 0 Å². The average Bonchev–Trinajstić information content (AvgIpc) is 2.74. The van der Waals surface area contributed by atoms with Crippen LogP contribution in [0.25, 0.3) is 0 Å². The van der Waals surface area contributed by atoms with Crippen molar-refractivity contribution >= 4 is 5.97 Å². The van der Waals surface area contributed by atoms with E-state index in [1.807, 2.05) is 0 Å². The van der Waals surface area contributed by atoms with Crippen molar-refractivity contribution in [2.45, 2.75) is 105 Å². The molecule has 0 spiro atoms. The van der Waals surface area contributed by atoms with Gasteiger partial charge in [0, 0.05) is 0 Å². The number of aliphatic carboxylic acids is 1. The van der Waals surface area contributed by atoms with Crippen LogP contribution in [0.2, 0.25) is 0 Å². The van der Waals surface area contributed by atoms with E-state index in [1.165, 1.54) is 18.4 Å². The van der Waals surface area contributed by atoms with Crippen molar-refractivity contribution in [2.24, 2.45) is 56.4 Å². The van der Waals surface area contributed by atoms with Gasteiger partial charge in [0.05, 0.1) is 11.5 Å². The molecule has 0 bridgehead atoms. The number of nitroso groups, excluding NO2 is 1. The van der Waals surface area contributed by atoms with Crippen molar-refractivity contribution in [3.63, 3.8) is 0 Å². The molecule has 0 heterocycles. The van der Waals surface area contributed by atoms with Gasteiger partial charge in [0.25, 0.3) is 0 Å². The van der Waals surface area contributed by atoms with Gasteiger partial charge in [-0.1, -0.05) is 64.3 Å². The predicted octanol–water partition coefficient (Wildman–Crippen LogP) is 7.23. The lowest BCUT2D eigenvalue weighted by Crippen LogP contribution is -2.63. The molecular formula is C28H43NO3. The van der Waals surface area contributed by atoms with Crippen molar-refractivity contribution < 1.29 is 9.90 Å². The summed E-state index contributed by atoms with van der Waals surface area (Å²) in [6, 6.07) is -0.0170. The minimum atomic E-state index is -0.548. The highest BCUT2D eigenvalue weighted by Gasteiger charge is 2.68. The predicted molar refractivity (Wildman–Crippen MR) is 127 cm³/mol. The van der Waals surface area contributed by atoms with Crippen LogP contribution in [0.1, 0.15) is 98.8 Å². The molecule has 5 aliphatic rings. The van der Waals surface area contributed by atoms with E-state index in [4.69, 9.17) is 0 Å². The molecule has 0 aromatic rings. The quantitative estimate of drug-likeness (QED) is 0.363. The molecule has 4 heteroatoms. The molecule has 4 nitrogen and oxygen atoms in total. The van der Waals surface area contributed by atoms with E-state index >= 15 is 0 Å². The molecule has 0 aliphatic heterocycles. The molecule has 1 N–H and O–H groups in total. The van der Waals surface area contributed by atoms with E-state index in [0.29, 0.717) is 23.7 Å². The fourth-order valence-electron chi connectivity index (χ4n) is 10.5. The van der Waals surface area contributed by atoms with Crippen LogP contribution in [0, 0.1) is 56.2 Å². The summed E-state index contributed by atoms with van der Waals surface area (Å²) in [6.45, 7) is 12.2. The second kappa shape index (κ2) is 7.15. The first-order chi connectivity index (χ1) is 15.0. The Hall–Kier alpha value is -1.19. The van der Waals surface area contributed by atoms with Crippen LogP contribution in [-0.4, -0.2) is 17.1 Å². The summed E-state index contributed by atoms with van der Waals surface area (Å²) in [5, 5.41) is 13.9. The van der Waals surface area contributed by atoms with Gasteiger partial charge < -0.3 is 5.11 Å². The zero-order valence-corrected chi connectivity index (χ0v) is 20.8. The number of nitrogens with zero attached hydrogens (tertiary/aromatic N) is 1. The minimum Gasteiger partial charge on any atom is -0.481 e. The Kier molecular flexibility index (Phi) is 5.05. The average molecular weight is 442 g/mol. The van der Waals surface area contributed by atoms with Crippen molar-refractivity contribution in [2.75, 3.05) is 0 Å². The first-order valence-electron chi connectivity index (χ1n) is 13.3. The molecule has 9 unspecified atom stereocenters. The van der Waals surface area contributed by atoms with Gasteiger partial charge >= 0.3 is 5.97 Å². The summed E-state index contributed by atoms with van der Waals surface area (Å²) in [7, 11) is 0.